The van der Waals surface area contributed by atoms with Crippen LogP contribution in [-0.2, 0) is 4.79 Å². The molecule has 0 bridgehead atoms. The van der Waals surface area contributed by atoms with Crippen molar-refractivity contribution in [2.24, 2.45) is 0 Å². The molecule has 3 aromatic rings. The molecule has 0 fully saturated rings. The van der Waals surface area contributed by atoms with Crippen LogP contribution in [0.3, 0.4) is 0 Å². The number of amides is 1. The van der Waals surface area contributed by atoms with Gasteiger partial charge in [-0.25, -0.2) is 4.98 Å². The summed E-state index contributed by atoms with van der Waals surface area (Å²) in [5.41, 5.74) is 2.33. The van der Waals surface area contributed by atoms with Crippen LogP contribution in [0.15, 0.2) is 53.9 Å². The second-order valence-corrected chi connectivity index (χ2v) is 7.17. The molecule has 1 heterocycles. The number of anilines is 1. The third-order valence-corrected chi connectivity index (χ3v) is 4.80. The largest absolute Gasteiger partial charge is 0.298 e. The maximum absolute atomic E-state index is 12.0. The Morgan fingerprint density at radius 1 is 1.04 bits per heavy atom. The predicted molar refractivity (Wildman–Crippen MR) is 107 cm³/mol. The fourth-order valence-electron chi connectivity index (χ4n) is 2.04. The molecule has 0 atom stereocenters. The molecule has 0 spiro atoms. The van der Waals surface area contributed by atoms with E-state index in [0.717, 1.165) is 11.1 Å². The molecule has 0 aliphatic rings. The standard InChI is InChI=1S/C18H11Cl3N2OS/c19-12-4-1-11(2-5-12)3-8-17(24)23-18-22-16(10-25-18)14-7-6-13(20)9-15(14)21/h1-10H,(H,22,23,24). The number of thiazole rings is 1. The molecule has 0 aliphatic carbocycles. The number of halogens is 3. The van der Waals surface area contributed by atoms with Gasteiger partial charge in [0.25, 0.3) is 0 Å². The number of benzene rings is 2. The fraction of sp³-hybridized carbons (Fsp3) is 0. The fourth-order valence-corrected chi connectivity index (χ4v) is 3.39. The summed E-state index contributed by atoms with van der Waals surface area (Å²) in [7, 11) is 0. The van der Waals surface area contributed by atoms with Crippen molar-refractivity contribution >= 4 is 63.3 Å². The monoisotopic (exact) mass is 408 g/mol. The normalized spacial score (nSPS) is 11.0. The Balaban J connectivity index is 1.68. The number of nitrogens with one attached hydrogen (secondary N) is 1. The first kappa shape index (κ1) is 18.0. The lowest BCUT2D eigenvalue weighted by Gasteiger charge is -2.01. The van der Waals surface area contributed by atoms with Crippen LogP contribution in [0.1, 0.15) is 5.56 Å². The second kappa shape index (κ2) is 8.02. The van der Waals surface area contributed by atoms with Gasteiger partial charge < -0.3 is 0 Å². The molecule has 0 radical (unpaired) electrons. The van der Waals surface area contributed by atoms with Gasteiger partial charge in [-0.1, -0.05) is 46.9 Å². The maximum atomic E-state index is 12.0. The Labute approximate surface area is 163 Å². The molecule has 1 N–H and O–H groups in total. The molecule has 2 aromatic carbocycles. The first-order valence-corrected chi connectivity index (χ1v) is 9.18. The van der Waals surface area contributed by atoms with Gasteiger partial charge in [-0.05, 0) is 42.0 Å². The minimum Gasteiger partial charge on any atom is -0.298 e. The van der Waals surface area contributed by atoms with Crippen molar-refractivity contribution in [2.75, 3.05) is 5.32 Å². The van der Waals surface area contributed by atoms with Crippen molar-refractivity contribution in [1.29, 1.82) is 0 Å². The Morgan fingerprint density at radius 3 is 2.48 bits per heavy atom. The summed E-state index contributed by atoms with van der Waals surface area (Å²) < 4.78 is 0. The zero-order valence-corrected chi connectivity index (χ0v) is 15.8. The third-order valence-electron chi connectivity index (χ3n) is 3.24. The van der Waals surface area contributed by atoms with Crippen molar-refractivity contribution in [3.63, 3.8) is 0 Å². The van der Waals surface area contributed by atoms with Gasteiger partial charge in [-0.2, -0.15) is 0 Å². The summed E-state index contributed by atoms with van der Waals surface area (Å²) in [4.78, 5) is 16.4. The van der Waals surface area contributed by atoms with Crippen LogP contribution in [-0.4, -0.2) is 10.9 Å². The average molecular weight is 410 g/mol. The average Bonchev–Trinajstić information content (AvgIpc) is 3.02. The van der Waals surface area contributed by atoms with E-state index in [-0.39, 0.29) is 5.91 Å². The van der Waals surface area contributed by atoms with E-state index in [1.807, 2.05) is 17.5 Å². The zero-order chi connectivity index (χ0) is 17.8. The number of aromatic nitrogens is 1. The molecule has 0 unspecified atom stereocenters. The second-order valence-electron chi connectivity index (χ2n) is 5.04. The summed E-state index contributed by atoms with van der Waals surface area (Å²) in [6, 6.07) is 12.4. The van der Waals surface area contributed by atoms with Gasteiger partial charge >= 0.3 is 0 Å². The van der Waals surface area contributed by atoms with E-state index < -0.39 is 0 Å². The number of carbonyl (C=O) groups excluding carboxylic acids is 1. The highest BCUT2D eigenvalue weighted by molar-refractivity contribution is 7.14. The minimum atomic E-state index is -0.266. The van der Waals surface area contributed by atoms with Gasteiger partial charge in [0.05, 0.1) is 10.7 Å². The van der Waals surface area contributed by atoms with E-state index in [1.165, 1.54) is 17.4 Å². The summed E-state index contributed by atoms with van der Waals surface area (Å²) in [6.07, 6.45) is 3.15. The molecule has 25 heavy (non-hydrogen) atoms. The number of hydrogen-bond acceptors (Lipinski definition) is 3. The smallest absolute Gasteiger partial charge is 0.250 e. The minimum absolute atomic E-state index is 0.266. The third kappa shape index (κ3) is 4.83. The highest BCUT2D eigenvalue weighted by Gasteiger charge is 2.10. The van der Waals surface area contributed by atoms with Crippen LogP contribution in [0.5, 0.6) is 0 Å². The van der Waals surface area contributed by atoms with Crippen molar-refractivity contribution in [1.82, 2.24) is 4.98 Å². The van der Waals surface area contributed by atoms with Crippen molar-refractivity contribution in [3.05, 3.63) is 74.6 Å². The number of carbonyl (C=O) groups is 1. The Bertz CT molecular complexity index is 936. The highest BCUT2D eigenvalue weighted by Crippen LogP contribution is 2.32. The molecule has 0 saturated carbocycles. The van der Waals surface area contributed by atoms with E-state index in [0.29, 0.717) is 25.9 Å². The Morgan fingerprint density at radius 2 is 1.76 bits per heavy atom. The molecule has 0 aliphatic heterocycles. The van der Waals surface area contributed by atoms with Gasteiger partial charge in [0.15, 0.2) is 5.13 Å². The molecule has 126 valence electrons. The van der Waals surface area contributed by atoms with E-state index in [9.17, 15) is 4.79 Å². The molecular weight excluding hydrogens is 399 g/mol. The van der Waals surface area contributed by atoms with Crippen molar-refractivity contribution < 1.29 is 4.79 Å². The molecule has 7 heteroatoms. The number of rotatable bonds is 4. The van der Waals surface area contributed by atoms with Crippen LogP contribution in [0.4, 0.5) is 5.13 Å². The van der Waals surface area contributed by atoms with Crippen molar-refractivity contribution in [3.8, 4) is 11.3 Å². The highest BCUT2D eigenvalue weighted by atomic mass is 35.5. The molecule has 1 amide bonds. The Kier molecular flexibility index (Phi) is 5.76. The SMILES string of the molecule is O=C(C=Cc1ccc(Cl)cc1)Nc1nc(-c2ccc(Cl)cc2Cl)cs1. The summed E-state index contributed by atoms with van der Waals surface area (Å²) in [5, 5.41) is 6.77. The van der Waals surface area contributed by atoms with E-state index in [1.54, 1.807) is 36.4 Å². The topological polar surface area (TPSA) is 42.0 Å². The quantitative estimate of drug-likeness (QED) is 0.505. The number of hydrogen-bond donors (Lipinski definition) is 1. The summed E-state index contributed by atoms with van der Waals surface area (Å²) >= 11 is 19.2. The van der Waals surface area contributed by atoms with Gasteiger partial charge in [0.1, 0.15) is 0 Å². The van der Waals surface area contributed by atoms with Gasteiger partial charge in [-0.3, -0.25) is 10.1 Å². The van der Waals surface area contributed by atoms with E-state index >= 15 is 0 Å². The molecule has 0 saturated heterocycles. The lowest BCUT2D eigenvalue weighted by molar-refractivity contribution is -0.111. The molecule has 3 nitrogen and oxygen atoms in total. The van der Waals surface area contributed by atoms with Gasteiger partial charge in [0, 0.05) is 27.1 Å². The van der Waals surface area contributed by atoms with Crippen LogP contribution >= 0.6 is 46.1 Å². The maximum Gasteiger partial charge on any atom is 0.250 e. The molecular formula is C18H11Cl3N2OS. The lowest BCUT2D eigenvalue weighted by Crippen LogP contribution is -2.07. The zero-order valence-electron chi connectivity index (χ0n) is 12.7. The van der Waals surface area contributed by atoms with E-state index in [2.05, 4.69) is 10.3 Å². The first-order valence-electron chi connectivity index (χ1n) is 7.17. The van der Waals surface area contributed by atoms with Crippen LogP contribution in [0.2, 0.25) is 15.1 Å². The first-order chi connectivity index (χ1) is 12.0. The number of nitrogens with zero attached hydrogens (tertiary/aromatic N) is 1. The van der Waals surface area contributed by atoms with E-state index in [4.69, 9.17) is 34.8 Å². The predicted octanol–water partition coefficient (Wildman–Crippen LogP) is 6.42. The Hall–Kier alpha value is -1.85. The summed E-state index contributed by atoms with van der Waals surface area (Å²) in [6.45, 7) is 0. The van der Waals surface area contributed by atoms with Crippen LogP contribution in [0.25, 0.3) is 17.3 Å². The lowest BCUT2D eigenvalue weighted by atomic mass is 10.2. The molecule has 3 rings (SSSR count). The van der Waals surface area contributed by atoms with Crippen molar-refractivity contribution in [2.45, 2.75) is 0 Å². The van der Waals surface area contributed by atoms with Gasteiger partial charge in [0.2, 0.25) is 5.91 Å². The van der Waals surface area contributed by atoms with Crippen LogP contribution in [0, 0.1) is 0 Å². The van der Waals surface area contributed by atoms with Gasteiger partial charge in [-0.15, -0.1) is 11.3 Å². The van der Waals surface area contributed by atoms with Crippen LogP contribution < -0.4 is 5.32 Å². The molecule has 1 aromatic heterocycles. The summed E-state index contributed by atoms with van der Waals surface area (Å²) in [5.74, 6) is -0.266.